The van der Waals surface area contributed by atoms with Gasteiger partial charge in [0.05, 0.1) is 75.2 Å². The van der Waals surface area contributed by atoms with E-state index in [1.54, 1.807) is 0 Å². The van der Waals surface area contributed by atoms with Crippen LogP contribution in [0.2, 0.25) is 0 Å². The Labute approximate surface area is 437 Å². The summed E-state index contributed by atoms with van der Waals surface area (Å²) < 4.78 is 73.8. The first-order chi connectivity index (χ1) is 39.7. The molecule has 0 aliphatic carbocycles. The van der Waals surface area contributed by atoms with Gasteiger partial charge in [-0.1, -0.05) is 139 Å². The molecule has 0 radical (unpaired) electrons. The molecular weight excluding hydrogens is 935 g/mol. The van der Waals surface area contributed by atoms with Crippen molar-refractivity contribution in [2.75, 3.05) is 0 Å². The molecule has 0 N–H and O–H groups in total. The van der Waals surface area contributed by atoms with Crippen molar-refractivity contribution in [2.24, 2.45) is 0 Å². The van der Waals surface area contributed by atoms with Crippen LogP contribution in [0.5, 0.6) is 0 Å². The number of furan rings is 3. The average Bonchev–Trinajstić information content (AvgIpc) is 3.21. The predicted molar refractivity (Wildman–Crippen MR) is 308 cm³/mol. The van der Waals surface area contributed by atoms with Crippen LogP contribution in [0.4, 0.5) is 5.69 Å². The topological polar surface area (TPSA) is 82.4 Å². The highest BCUT2D eigenvalue weighted by molar-refractivity contribution is 6.31. The normalized spacial score (nSPS) is 13.1. The van der Waals surface area contributed by atoms with E-state index in [9.17, 15) is 17.3 Å². The number of para-hydroxylation sites is 6. The molecule has 17 rings (SSSR count). The molecule has 0 aliphatic heterocycles. The van der Waals surface area contributed by atoms with Crippen molar-refractivity contribution in [3.63, 3.8) is 0 Å². The molecule has 0 amide bonds. The van der Waals surface area contributed by atoms with Crippen molar-refractivity contribution in [2.45, 2.75) is 0 Å². The van der Waals surface area contributed by atoms with E-state index in [4.69, 9.17) is 14.6 Å². The molecule has 0 unspecified atom stereocenters. The fourth-order valence-electron chi connectivity index (χ4n) is 12.7. The lowest BCUT2D eigenvalue weighted by Crippen LogP contribution is -2.12. The maximum atomic E-state index is 12.3. The summed E-state index contributed by atoms with van der Waals surface area (Å²) in [5.74, 6) is 0. The summed E-state index contributed by atoms with van der Waals surface area (Å²) in [5, 5.41) is 22.5. The second kappa shape index (κ2) is 14.9. The van der Waals surface area contributed by atoms with E-state index in [1.807, 2.05) is 191 Å². The highest BCUT2D eigenvalue weighted by Gasteiger charge is 2.34. The van der Waals surface area contributed by atoms with Gasteiger partial charge in [0.1, 0.15) is 33.5 Å². The summed E-state index contributed by atoms with van der Waals surface area (Å²) >= 11 is 0. The summed E-state index contributed by atoms with van der Waals surface area (Å²) in [6, 6.07) is 58.9. The maximum Gasteiger partial charge on any atom is 0.232 e. The number of rotatable bonds is 4. The minimum atomic E-state index is -0.578. The third kappa shape index (κ3) is 5.14. The molecule has 8 heteroatoms. The Hall–Kier alpha value is -10.8. The van der Waals surface area contributed by atoms with Crippen LogP contribution < -0.4 is 0 Å². The van der Waals surface area contributed by atoms with Gasteiger partial charge in [-0.3, -0.25) is 0 Å². The largest absolute Gasteiger partial charge is 0.456 e. The first kappa shape index (κ1) is 36.2. The quantitative estimate of drug-likeness (QED) is 0.165. The fourth-order valence-corrected chi connectivity index (χ4v) is 12.7. The molecule has 0 aliphatic rings. The van der Waals surface area contributed by atoms with E-state index in [-0.39, 0.29) is 33.8 Å². The van der Waals surface area contributed by atoms with Gasteiger partial charge < -0.3 is 27.0 Å². The molecule has 8 nitrogen and oxygen atoms in total. The smallest absolute Gasteiger partial charge is 0.232 e. The van der Waals surface area contributed by atoms with Crippen LogP contribution >= 0.6 is 0 Å². The molecular formula is C68H35N5O3. The second-order valence-electron chi connectivity index (χ2n) is 19.2. The average molecular weight is 975 g/mol. The van der Waals surface area contributed by atoms with Gasteiger partial charge >= 0.3 is 0 Å². The zero-order chi connectivity index (χ0) is 54.3. The van der Waals surface area contributed by atoms with Crippen LogP contribution in [0.15, 0.2) is 225 Å². The summed E-state index contributed by atoms with van der Waals surface area (Å²) in [6.45, 7) is 9.61. The fraction of sp³-hybridized carbons (Fsp3) is 0. The van der Waals surface area contributed by atoms with Crippen LogP contribution in [0.25, 0.3) is 164 Å². The molecule has 0 bridgehead atoms. The Bertz CT molecular complexity index is 5810. The van der Waals surface area contributed by atoms with Gasteiger partial charge in [0.25, 0.3) is 0 Å². The van der Waals surface area contributed by atoms with Crippen molar-refractivity contribution >= 4 is 137 Å². The van der Waals surface area contributed by atoms with E-state index in [0.29, 0.717) is 72.3 Å². The molecule has 0 spiro atoms. The first-order valence-electron chi connectivity index (χ1n) is 27.4. The molecule has 6 heterocycles. The minimum absolute atomic E-state index is 0.0278. The maximum absolute atomic E-state index is 12.3. The van der Waals surface area contributed by atoms with Crippen LogP contribution in [0, 0.1) is 17.9 Å². The molecule has 6 aromatic heterocycles. The lowest BCUT2D eigenvalue weighted by Gasteiger charge is -2.27. The summed E-state index contributed by atoms with van der Waals surface area (Å²) in [4.78, 5) is 4.50. The van der Waals surface area contributed by atoms with Gasteiger partial charge in [-0.2, -0.15) is 5.26 Å². The Kier molecular flexibility index (Phi) is 7.09. The lowest BCUT2D eigenvalue weighted by molar-refractivity contribution is 0.669. The van der Waals surface area contributed by atoms with Gasteiger partial charge in [-0.25, -0.2) is 4.85 Å². The van der Waals surface area contributed by atoms with Gasteiger partial charge in [0.15, 0.2) is 0 Å². The summed E-state index contributed by atoms with van der Waals surface area (Å²) in [6.07, 6.45) is 0. The van der Waals surface area contributed by atoms with Gasteiger partial charge in [0.2, 0.25) is 5.69 Å². The Morgan fingerprint density at radius 1 is 0.382 bits per heavy atom. The number of aromatic nitrogens is 3. The number of benzene rings is 11. The number of fused-ring (bicyclic) bond motifs is 21. The Morgan fingerprint density at radius 2 is 0.750 bits per heavy atom. The summed E-state index contributed by atoms with van der Waals surface area (Å²) in [7, 11) is 0. The molecule has 76 heavy (non-hydrogen) atoms. The molecule has 0 saturated heterocycles. The third-order valence-electron chi connectivity index (χ3n) is 15.6. The zero-order valence-electron chi connectivity index (χ0n) is 44.8. The van der Waals surface area contributed by atoms with E-state index in [1.165, 1.54) is 0 Å². The minimum Gasteiger partial charge on any atom is -0.456 e. The molecule has 11 aromatic carbocycles. The molecule has 0 saturated carbocycles. The standard InChI is InChI=1S/C68H35N5O3/c1-70-65-45(37-69)66(71-46-25-11-5-19-39(46)59-49(71)31-34-55-62(59)42-22-8-14-28-52(42)74-55)58(38-17-3-2-4-18-38)67(72-47-26-12-6-20-40(47)60-50(72)32-35-56-63(60)43-23-9-15-29-53(43)75-56)68(65)73-48-27-13-7-21-41(48)61-51(73)33-36-57-64(61)44-24-10-16-30-54(44)76-57/h2-36H/i2D,3D,4D,17D,18D. The Balaban J connectivity index is 1.19. The van der Waals surface area contributed by atoms with E-state index in [2.05, 4.69) is 15.5 Å². The summed E-state index contributed by atoms with van der Waals surface area (Å²) in [5.41, 5.74) is 8.64. The monoisotopic (exact) mass is 974 g/mol. The molecule has 0 fully saturated rings. The van der Waals surface area contributed by atoms with Crippen molar-refractivity contribution < 1.29 is 20.1 Å². The zero-order valence-corrected chi connectivity index (χ0v) is 39.8. The molecule has 350 valence electrons. The highest BCUT2D eigenvalue weighted by atomic mass is 16.3. The van der Waals surface area contributed by atoms with Crippen molar-refractivity contribution in [3.8, 4) is 34.3 Å². The van der Waals surface area contributed by atoms with Crippen LogP contribution in [-0.2, 0) is 0 Å². The van der Waals surface area contributed by atoms with E-state index < -0.39 is 30.2 Å². The van der Waals surface area contributed by atoms with Crippen LogP contribution in [-0.4, -0.2) is 13.7 Å². The van der Waals surface area contributed by atoms with Gasteiger partial charge in [-0.15, -0.1) is 0 Å². The highest BCUT2D eigenvalue weighted by Crippen LogP contribution is 2.54. The van der Waals surface area contributed by atoms with Crippen molar-refractivity contribution in [1.82, 2.24) is 13.7 Å². The van der Waals surface area contributed by atoms with E-state index >= 15 is 0 Å². The number of hydrogen-bond acceptors (Lipinski definition) is 4. The van der Waals surface area contributed by atoms with Gasteiger partial charge in [0, 0.05) is 70.2 Å². The van der Waals surface area contributed by atoms with Crippen LogP contribution in [0.1, 0.15) is 12.4 Å². The van der Waals surface area contributed by atoms with Gasteiger partial charge in [-0.05, 0) is 78.4 Å². The SMILES string of the molecule is [2H]c1c([2H])c([2H])c(-c2c(-n3c4ccccc4c4c5c(ccc43)oc3ccccc35)c(C#N)c([N+]#[C-])c(-n3c4ccccc4c4c5c(ccc43)oc3ccccc35)c2-n2c3ccccc3c3c4c(ccc32)oc2ccccc24)c([2H])c1[2H]. The lowest BCUT2D eigenvalue weighted by atomic mass is 9.93. The number of nitriles is 1. The molecule has 17 aromatic rings. The van der Waals surface area contributed by atoms with Crippen LogP contribution in [0.3, 0.4) is 0 Å². The van der Waals surface area contributed by atoms with E-state index in [0.717, 1.165) is 64.6 Å². The first-order valence-corrected chi connectivity index (χ1v) is 24.9. The third-order valence-corrected chi connectivity index (χ3v) is 15.6. The Morgan fingerprint density at radius 3 is 1.16 bits per heavy atom. The second-order valence-corrected chi connectivity index (χ2v) is 19.2. The number of hydrogen-bond donors (Lipinski definition) is 0. The predicted octanol–water partition coefficient (Wildman–Crippen LogP) is 18.8. The van der Waals surface area contributed by atoms with Crippen molar-refractivity contribution in [3.05, 3.63) is 229 Å². The number of nitrogens with zero attached hydrogens (tertiary/aromatic N) is 5. The molecule has 0 atom stereocenters. The van der Waals surface area contributed by atoms with Crippen molar-refractivity contribution in [1.29, 1.82) is 5.26 Å².